The molecule has 2 aromatic rings. The predicted molar refractivity (Wildman–Crippen MR) is 118 cm³/mol. The number of amides is 1. The summed E-state index contributed by atoms with van der Waals surface area (Å²) in [5, 5.41) is 2.80. The summed E-state index contributed by atoms with van der Waals surface area (Å²) >= 11 is 0. The molecule has 0 saturated carbocycles. The molecule has 0 spiro atoms. The lowest BCUT2D eigenvalue weighted by Crippen LogP contribution is -2.36. The Balaban J connectivity index is 1.53. The lowest BCUT2D eigenvalue weighted by molar-refractivity contribution is 0.102. The number of ether oxygens (including phenoxy) is 2. The Kier molecular flexibility index (Phi) is 6.45. The molecule has 0 aliphatic carbocycles. The van der Waals surface area contributed by atoms with Crippen LogP contribution in [0.15, 0.2) is 47.4 Å². The van der Waals surface area contributed by atoms with Gasteiger partial charge in [0.25, 0.3) is 5.91 Å². The van der Waals surface area contributed by atoms with E-state index in [-0.39, 0.29) is 10.8 Å². The summed E-state index contributed by atoms with van der Waals surface area (Å²) in [7, 11) is -2.11. The monoisotopic (exact) mass is 445 g/mol. The van der Waals surface area contributed by atoms with E-state index < -0.39 is 10.0 Å². The van der Waals surface area contributed by atoms with Crippen LogP contribution in [0.25, 0.3) is 0 Å². The highest BCUT2D eigenvalue weighted by Crippen LogP contribution is 2.30. The van der Waals surface area contributed by atoms with Crippen LogP contribution in [0.1, 0.15) is 23.2 Å². The Labute approximate surface area is 182 Å². The van der Waals surface area contributed by atoms with E-state index in [0.29, 0.717) is 43.3 Å². The number of benzene rings is 2. The second-order valence-electron chi connectivity index (χ2n) is 7.57. The number of rotatable bonds is 6. The number of carbonyl (C=O) groups excluding carboxylic acids is 1. The van der Waals surface area contributed by atoms with E-state index in [1.54, 1.807) is 18.2 Å². The molecule has 4 rings (SSSR count). The third-order valence-corrected chi connectivity index (χ3v) is 7.52. The number of hydrogen-bond donors (Lipinski definition) is 1. The van der Waals surface area contributed by atoms with Gasteiger partial charge < -0.3 is 19.7 Å². The predicted octanol–water partition coefficient (Wildman–Crippen LogP) is 2.57. The molecular weight excluding hydrogens is 418 g/mol. The van der Waals surface area contributed by atoms with Gasteiger partial charge in [-0.2, -0.15) is 4.31 Å². The van der Waals surface area contributed by atoms with Gasteiger partial charge in [0.2, 0.25) is 10.0 Å². The second-order valence-corrected chi connectivity index (χ2v) is 9.51. The maximum Gasteiger partial charge on any atom is 0.255 e. The summed E-state index contributed by atoms with van der Waals surface area (Å²) in [4.78, 5) is 15.2. The van der Waals surface area contributed by atoms with E-state index in [2.05, 4.69) is 10.2 Å². The summed E-state index contributed by atoms with van der Waals surface area (Å²) in [5.74, 6) is 0.0706. The molecule has 9 heteroatoms. The van der Waals surface area contributed by atoms with Crippen molar-refractivity contribution >= 4 is 27.3 Å². The molecule has 0 unspecified atom stereocenters. The smallest absolute Gasteiger partial charge is 0.255 e. The van der Waals surface area contributed by atoms with Crippen LogP contribution in [0.3, 0.4) is 0 Å². The van der Waals surface area contributed by atoms with Crippen LogP contribution in [0, 0.1) is 0 Å². The van der Waals surface area contributed by atoms with Gasteiger partial charge in [-0.05, 0) is 55.3 Å². The fraction of sp³-hybridized carbons (Fsp3) is 0.409. The first-order valence-corrected chi connectivity index (χ1v) is 11.9. The fourth-order valence-corrected chi connectivity index (χ4v) is 5.41. The summed E-state index contributed by atoms with van der Waals surface area (Å²) in [5.41, 5.74) is 1.84. The van der Waals surface area contributed by atoms with Crippen LogP contribution in [0.2, 0.25) is 0 Å². The molecule has 8 nitrogen and oxygen atoms in total. The van der Waals surface area contributed by atoms with Crippen LogP contribution in [-0.2, 0) is 14.8 Å². The highest BCUT2D eigenvalue weighted by Gasteiger charge is 2.28. The molecule has 2 fully saturated rings. The van der Waals surface area contributed by atoms with E-state index in [1.165, 1.54) is 23.5 Å². The molecule has 2 aliphatic rings. The Bertz CT molecular complexity index is 1030. The van der Waals surface area contributed by atoms with Gasteiger partial charge in [0.15, 0.2) is 0 Å². The molecule has 1 amide bonds. The average Bonchev–Trinajstić information content (AvgIpc) is 3.36. The lowest BCUT2D eigenvalue weighted by atomic mass is 10.1. The number of nitrogens with zero attached hydrogens (tertiary/aromatic N) is 2. The van der Waals surface area contributed by atoms with Crippen LogP contribution in [0.5, 0.6) is 5.75 Å². The Morgan fingerprint density at radius 2 is 1.68 bits per heavy atom. The SMILES string of the molecule is COc1ccc(S(=O)(=O)N2CCCC2)cc1NC(=O)c1ccc(N2CCOCC2)cc1. The Hall–Kier alpha value is -2.62. The molecule has 0 atom stereocenters. The van der Waals surface area contributed by atoms with Crippen molar-refractivity contribution in [2.24, 2.45) is 0 Å². The van der Waals surface area contributed by atoms with Gasteiger partial charge in [0, 0.05) is 37.4 Å². The van der Waals surface area contributed by atoms with Crippen LogP contribution < -0.4 is 15.0 Å². The molecule has 2 saturated heterocycles. The quantitative estimate of drug-likeness (QED) is 0.735. The van der Waals surface area contributed by atoms with Crippen LogP contribution in [-0.4, -0.2) is 65.1 Å². The van der Waals surface area contributed by atoms with Crippen molar-refractivity contribution in [1.29, 1.82) is 0 Å². The molecule has 2 aliphatic heterocycles. The Morgan fingerprint density at radius 1 is 1.00 bits per heavy atom. The van der Waals surface area contributed by atoms with Crippen molar-refractivity contribution in [3.63, 3.8) is 0 Å². The topological polar surface area (TPSA) is 88.2 Å². The van der Waals surface area contributed by atoms with Crippen molar-refractivity contribution < 1.29 is 22.7 Å². The number of sulfonamides is 1. The lowest BCUT2D eigenvalue weighted by Gasteiger charge is -2.28. The fourth-order valence-electron chi connectivity index (χ4n) is 3.86. The molecular formula is C22H27N3O5S. The summed E-state index contributed by atoms with van der Waals surface area (Å²) < 4.78 is 38.0. The number of methoxy groups -OCH3 is 1. The van der Waals surface area contributed by atoms with Crippen LogP contribution in [0.4, 0.5) is 11.4 Å². The van der Waals surface area contributed by atoms with Crippen molar-refractivity contribution in [1.82, 2.24) is 4.31 Å². The first-order chi connectivity index (χ1) is 15.0. The van der Waals surface area contributed by atoms with Gasteiger partial charge in [0.05, 0.1) is 30.9 Å². The minimum Gasteiger partial charge on any atom is -0.495 e. The highest BCUT2D eigenvalue weighted by atomic mass is 32.2. The van der Waals surface area contributed by atoms with Gasteiger partial charge in [-0.25, -0.2) is 8.42 Å². The van der Waals surface area contributed by atoms with Crippen LogP contribution >= 0.6 is 0 Å². The maximum atomic E-state index is 12.9. The van der Waals surface area contributed by atoms with Gasteiger partial charge in [0.1, 0.15) is 5.75 Å². The first kappa shape index (κ1) is 21.6. The number of nitrogens with one attached hydrogen (secondary N) is 1. The zero-order chi connectivity index (χ0) is 21.8. The standard InChI is InChI=1S/C22H27N3O5S/c1-29-21-9-8-19(31(27,28)25-10-2-3-11-25)16-20(21)23-22(26)17-4-6-18(7-5-17)24-12-14-30-15-13-24/h4-9,16H,2-3,10-15H2,1H3,(H,23,26). The average molecular weight is 446 g/mol. The van der Waals surface area contributed by atoms with E-state index >= 15 is 0 Å². The zero-order valence-corrected chi connectivity index (χ0v) is 18.4. The first-order valence-electron chi connectivity index (χ1n) is 10.4. The Morgan fingerprint density at radius 3 is 2.32 bits per heavy atom. The summed E-state index contributed by atoms with van der Waals surface area (Å²) in [6.45, 7) is 4.07. The number of hydrogen-bond acceptors (Lipinski definition) is 6. The minimum atomic E-state index is -3.59. The van der Waals surface area contributed by atoms with Gasteiger partial charge in [-0.15, -0.1) is 0 Å². The summed E-state index contributed by atoms with van der Waals surface area (Å²) in [6, 6.07) is 11.9. The molecule has 2 heterocycles. The highest BCUT2D eigenvalue weighted by molar-refractivity contribution is 7.89. The molecule has 1 N–H and O–H groups in total. The zero-order valence-electron chi connectivity index (χ0n) is 17.5. The number of morpholine rings is 1. The third-order valence-electron chi connectivity index (χ3n) is 5.63. The van der Waals surface area contributed by atoms with E-state index in [9.17, 15) is 13.2 Å². The van der Waals surface area contributed by atoms with E-state index in [1.807, 2.05) is 12.1 Å². The summed E-state index contributed by atoms with van der Waals surface area (Å²) in [6.07, 6.45) is 1.72. The van der Waals surface area contributed by atoms with Crippen molar-refractivity contribution in [3.05, 3.63) is 48.0 Å². The number of anilines is 2. The molecule has 2 aromatic carbocycles. The minimum absolute atomic E-state index is 0.146. The molecule has 0 bridgehead atoms. The molecule has 31 heavy (non-hydrogen) atoms. The normalized spacial score (nSPS) is 17.5. The number of carbonyl (C=O) groups is 1. The second kappa shape index (κ2) is 9.25. The van der Waals surface area contributed by atoms with Crippen molar-refractivity contribution in [2.75, 3.05) is 56.7 Å². The van der Waals surface area contributed by atoms with Gasteiger partial charge in [-0.1, -0.05) is 0 Å². The largest absolute Gasteiger partial charge is 0.495 e. The third kappa shape index (κ3) is 4.68. The van der Waals surface area contributed by atoms with E-state index in [4.69, 9.17) is 9.47 Å². The van der Waals surface area contributed by atoms with E-state index in [0.717, 1.165) is 31.6 Å². The van der Waals surface area contributed by atoms with Gasteiger partial charge >= 0.3 is 0 Å². The van der Waals surface area contributed by atoms with Crippen molar-refractivity contribution in [2.45, 2.75) is 17.7 Å². The molecule has 0 aromatic heterocycles. The van der Waals surface area contributed by atoms with Crippen molar-refractivity contribution in [3.8, 4) is 5.75 Å². The maximum absolute atomic E-state index is 12.9. The molecule has 166 valence electrons. The van der Waals surface area contributed by atoms with Gasteiger partial charge in [-0.3, -0.25) is 4.79 Å². The molecule has 0 radical (unpaired) electrons.